The lowest BCUT2D eigenvalue weighted by Gasteiger charge is -2.41. The monoisotopic (exact) mass is 903 g/mol. The van der Waals surface area contributed by atoms with E-state index in [1.165, 1.54) is 38.5 Å². The number of hydrogen-bond acceptors (Lipinski definition) is 13. The maximum Gasteiger partial charge on any atom is 0.472 e. The maximum atomic E-state index is 12.8. The predicted molar refractivity (Wildman–Crippen MR) is 239 cm³/mol. The summed E-state index contributed by atoms with van der Waals surface area (Å²) in [5.41, 5.74) is 0. The second kappa shape index (κ2) is 34.4. The summed E-state index contributed by atoms with van der Waals surface area (Å²) in [6.07, 6.45) is 26.3. The minimum Gasteiger partial charge on any atom is -0.462 e. The van der Waals surface area contributed by atoms with Crippen LogP contribution in [-0.2, 0) is 37.4 Å². The van der Waals surface area contributed by atoms with Crippen molar-refractivity contribution in [3.05, 3.63) is 36.5 Å². The quantitative estimate of drug-likeness (QED) is 0.0113. The van der Waals surface area contributed by atoms with Crippen LogP contribution in [0.25, 0.3) is 0 Å². The highest BCUT2D eigenvalue weighted by Gasteiger charge is 2.51. The summed E-state index contributed by atoms with van der Waals surface area (Å²) in [6.45, 7) is 3.22. The Morgan fingerprint density at radius 2 is 1.06 bits per heavy atom. The number of epoxide rings is 1. The van der Waals surface area contributed by atoms with Crippen LogP contribution in [-0.4, -0.2) is 111 Å². The van der Waals surface area contributed by atoms with Gasteiger partial charge in [-0.1, -0.05) is 134 Å². The summed E-state index contributed by atoms with van der Waals surface area (Å²) in [4.78, 5) is 35.8. The molecule has 0 spiro atoms. The van der Waals surface area contributed by atoms with Crippen LogP contribution in [0.3, 0.4) is 0 Å². The van der Waals surface area contributed by atoms with Crippen LogP contribution in [0.15, 0.2) is 36.5 Å². The predicted octanol–water partition coefficient (Wildman–Crippen LogP) is 8.38. The lowest BCUT2D eigenvalue weighted by Crippen LogP contribution is -2.64. The highest BCUT2D eigenvalue weighted by atomic mass is 31.2. The lowest BCUT2D eigenvalue weighted by molar-refractivity contribution is -0.220. The van der Waals surface area contributed by atoms with Crippen LogP contribution in [0.1, 0.15) is 181 Å². The average Bonchev–Trinajstić information content (AvgIpc) is 4.01. The SMILES string of the molecule is CCCCC/C=C\C/C=C\CCCCCCCCCC(=O)O[C@H](COC(=O)CCCCCCCC1OC1C/C=C\CCCCC)COP(=O)(O)OC1[C@H](O)[C@H](O)C(O)[C@H](O)[C@H]1O. The molecule has 0 bridgehead atoms. The molecule has 360 valence electrons. The molecule has 2 rings (SSSR count). The molecule has 0 aromatic carbocycles. The molecule has 0 aromatic rings. The van der Waals surface area contributed by atoms with E-state index in [-0.39, 0.29) is 12.8 Å². The molecule has 1 saturated carbocycles. The summed E-state index contributed by atoms with van der Waals surface area (Å²) in [7, 11) is -5.13. The van der Waals surface area contributed by atoms with Gasteiger partial charge in [-0.2, -0.15) is 0 Å². The number of ether oxygens (including phenoxy) is 3. The standard InChI is InChI=1S/C47H83O14P/c1-3-5-7-9-11-12-13-14-15-16-17-18-19-20-21-25-30-34-41(49)59-37(36-58-62(55,56)61-47-45(53)43(51)42(50)44(52)46(47)54)35-57-40(48)33-29-26-22-24-28-32-39-38(60-39)31-27-23-10-8-6-4-2/h11-12,14-15,23,27,37-39,42-47,50-54H,3-10,13,16-22,24-26,28-36H2,1-2H3,(H,55,56)/b12-11-,15-14-,27-23-/t37-,38?,39?,42?,43-,44+,45-,46-,47?/m1/s1. The highest BCUT2D eigenvalue weighted by molar-refractivity contribution is 7.47. The van der Waals surface area contributed by atoms with Gasteiger partial charge in [-0.15, -0.1) is 0 Å². The van der Waals surface area contributed by atoms with Crippen LogP contribution in [0.5, 0.6) is 0 Å². The molecule has 1 aliphatic heterocycles. The third kappa shape index (κ3) is 26.1. The van der Waals surface area contributed by atoms with Crippen LogP contribution in [0.4, 0.5) is 0 Å². The zero-order chi connectivity index (χ0) is 45.4. The number of aliphatic hydroxyl groups excluding tert-OH is 5. The van der Waals surface area contributed by atoms with Gasteiger partial charge in [0.25, 0.3) is 0 Å². The van der Waals surface area contributed by atoms with Gasteiger partial charge in [0.05, 0.1) is 18.8 Å². The molecule has 1 saturated heterocycles. The maximum absolute atomic E-state index is 12.8. The number of carbonyl (C=O) groups excluding carboxylic acids is 2. The van der Waals surface area contributed by atoms with E-state index in [9.17, 15) is 44.6 Å². The first-order chi connectivity index (χ1) is 29.9. The van der Waals surface area contributed by atoms with Crippen molar-refractivity contribution < 1.29 is 67.8 Å². The van der Waals surface area contributed by atoms with Crippen molar-refractivity contribution in [2.75, 3.05) is 13.2 Å². The van der Waals surface area contributed by atoms with E-state index in [0.29, 0.717) is 25.0 Å². The van der Waals surface area contributed by atoms with Gasteiger partial charge in [-0.25, -0.2) is 4.57 Å². The van der Waals surface area contributed by atoms with E-state index >= 15 is 0 Å². The zero-order valence-corrected chi connectivity index (χ0v) is 38.8. The second-order valence-electron chi connectivity index (χ2n) is 17.0. The molecule has 2 fully saturated rings. The van der Waals surface area contributed by atoms with Crippen molar-refractivity contribution >= 4 is 19.8 Å². The number of hydrogen-bond donors (Lipinski definition) is 6. The first-order valence-electron chi connectivity index (χ1n) is 23.9. The van der Waals surface area contributed by atoms with Crippen LogP contribution in [0.2, 0.25) is 0 Å². The molecule has 1 heterocycles. The Morgan fingerprint density at radius 3 is 1.65 bits per heavy atom. The molecule has 62 heavy (non-hydrogen) atoms. The molecular formula is C47H83O14P. The molecule has 0 aromatic heterocycles. The first kappa shape index (κ1) is 56.2. The number of aliphatic hydroxyl groups is 5. The molecule has 6 N–H and O–H groups in total. The van der Waals surface area contributed by atoms with Gasteiger partial charge in [-0.05, 0) is 70.6 Å². The van der Waals surface area contributed by atoms with Crippen LogP contribution < -0.4 is 0 Å². The third-order valence-electron chi connectivity index (χ3n) is 11.4. The Balaban J connectivity index is 1.70. The summed E-state index contributed by atoms with van der Waals surface area (Å²) in [5, 5.41) is 50.2. The minimum absolute atomic E-state index is 0.0812. The van der Waals surface area contributed by atoms with Crippen molar-refractivity contribution in [3.8, 4) is 0 Å². The number of phosphoric acid groups is 1. The van der Waals surface area contributed by atoms with Crippen molar-refractivity contribution in [2.45, 2.75) is 236 Å². The summed E-state index contributed by atoms with van der Waals surface area (Å²) < 4.78 is 39.4. The van der Waals surface area contributed by atoms with E-state index in [2.05, 4.69) is 50.3 Å². The Kier molecular flexibility index (Phi) is 31.1. The van der Waals surface area contributed by atoms with E-state index in [4.69, 9.17) is 23.3 Å². The van der Waals surface area contributed by atoms with E-state index < -0.39 is 75.7 Å². The normalized spacial score (nSPS) is 25.4. The largest absolute Gasteiger partial charge is 0.472 e. The Labute approximate surface area is 372 Å². The van der Waals surface area contributed by atoms with Gasteiger partial charge in [0.15, 0.2) is 6.10 Å². The van der Waals surface area contributed by atoms with Crippen molar-refractivity contribution in [2.24, 2.45) is 0 Å². The molecule has 2 aliphatic rings. The van der Waals surface area contributed by atoms with E-state index in [1.54, 1.807) is 0 Å². The average molecular weight is 903 g/mol. The summed E-state index contributed by atoms with van der Waals surface area (Å²) in [5.74, 6) is -1.13. The fourth-order valence-electron chi connectivity index (χ4n) is 7.38. The summed E-state index contributed by atoms with van der Waals surface area (Å²) in [6, 6.07) is 0. The topological polar surface area (TPSA) is 222 Å². The van der Waals surface area contributed by atoms with Crippen LogP contribution >= 0.6 is 7.82 Å². The number of unbranched alkanes of at least 4 members (excludes halogenated alkanes) is 17. The van der Waals surface area contributed by atoms with E-state index in [0.717, 1.165) is 103 Å². The first-order valence-corrected chi connectivity index (χ1v) is 25.4. The van der Waals surface area contributed by atoms with Gasteiger partial charge < -0.3 is 44.6 Å². The van der Waals surface area contributed by atoms with Gasteiger partial charge in [0.2, 0.25) is 0 Å². The number of carbonyl (C=O) groups is 2. The van der Waals surface area contributed by atoms with Gasteiger partial charge in [0, 0.05) is 12.8 Å². The lowest BCUT2D eigenvalue weighted by atomic mass is 9.85. The smallest absolute Gasteiger partial charge is 0.462 e. The Bertz CT molecular complexity index is 1290. The third-order valence-corrected chi connectivity index (χ3v) is 12.4. The Morgan fingerprint density at radius 1 is 0.581 bits per heavy atom. The zero-order valence-electron chi connectivity index (χ0n) is 37.9. The summed E-state index contributed by atoms with van der Waals surface area (Å²) >= 11 is 0. The molecule has 10 atom stereocenters. The van der Waals surface area contributed by atoms with Crippen molar-refractivity contribution in [1.82, 2.24) is 0 Å². The molecule has 14 nitrogen and oxygen atoms in total. The number of rotatable bonds is 38. The molecular weight excluding hydrogens is 819 g/mol. The number of phosphoric ester groups is 1. The molecule has 0 amide bonds. The molecule has 5 unspecified atom stereocenters. The van der Waals surface area contributed by atoms with Gasteiger partial charge in [0.1, 0.15) is 43.2 Å². The second-order valence-corrected chi connectivity index (χ2v) is 18.4. The minimum atomic E-state index is -5.13. The highest BCUT2D eigenvalue weighted by Crippen LogP contribution is 2.47. The number of esters is 2. The van der Waals surface area contributed by atoms with Crippen LogP contribution in [0, 0.1) is 0 Å². The Hall–Kier alpha value is -1.97. The van der Waals surface area contributed by atoms with Crippen molar-refractivity contribution in [1.29, 1.82) is 0 Å². The van der Waals surface area contributed by atoms with Gasteiger partial charge in [-0.3, -0.25) is 18.6 Å². The molecule has 1 aliphatic carbocycles. The van der Waals surface area contributed by atoms with Gasteiger partial charge >= 0.3 is 19.8 Å². The molecule has 15 heteroatoms. The van der Waals surface area contributed by atoms with E-state index in [1.807, 2.05) is 0 Å². The van der Waals surface area contributed by atoms with Crippen molar-refractivity contribution in [3.63, 3.8) is 0 Å². The molecule has 0 radical (unpaired) electrons. The number of allylic oxidation sites excluding steroid dienone is 5. The fourth-order valence-corrected chi connectivity index (χ4v) is 8.35. The fraction of sp³-hybridized carbons (Fsp3) is 0.830.